The van der Waals surface area contributed by atoms with Crippen LogP contribution in [0.25, 0.3) is 0 Å². The third-order valence-electron chi connectivity index (χ3n) is 8.25. The van der Waals surface area contributed by atoms with Gasteiger partial charge in [0.05, 0.1) is 51.6 Å². The number of nitrogens with one attached hydrogen (secondary N) is 2. The van der Waals surface area contributed by atoms with Gasteiger partial charge in [0.15, 0.2) is 0 Å². The van der Waals surface area contributed by atoms with Gasteiger partial charge in [0.2, 0.25) is 6.08 Å². The van der Waals surface area contributed by atoms with Gasteiger partial charge in [0.1, 0.15) is 0 Å². The normalized spacial score (nSPS) is 13.0. The SMILES string of the molecule is CCOC1=CCc2c(N)cccc2C1.CCOC1=CCc2c(cccc2NC(=O)Nc2ccc(Cl)c(C(F)(F)F)c2)C1.O=C=Nc1ccc(Cl)c(C(F)(F)F)c1. The Morgan fingerprint density at radius 1 is 0.768 bits per heavy atom. The van der Waals surface area contributed by atoms with Crippen molar-refractivity contribution in [3.05, 3.63) is 140 Å². The van der Waals surface area contributed by atoms with Gasteiger partial charge in [-0.05, 0) is 110 Å². The minimum Gasteiger partial charge on any atom is -0.498 e. The molecule has 0 bridgehead atoms. The van der Waals surface area contributed by atoms with Gasteiger partial charge < -0.3 is 25.8 Å². The summed E-state index contributed by atoms with van der Waals surface area (Å²) in [6, 6.07) is 17.1. The molecule has 0 unspecified atom stereocenters. The molecule has 0 saturated heterocycles. The van der Waals surface area contributed by atoms with Gasteiger partial charge in [-0.1, -0.05) is 47.5 Å². The first kappa shape index (κ1) is 43.3. The van der Waals surface area contributed by atoms with Gasteiger partial charge in [0, 0.05) is 29.9 Å². The van der Waals surface area contributed by atoms with Crippen LogP contribution in [-0.4, -0.2) is 25.3 Å². The third-order valence-corrected chi connectivity index (χ3v) is 8.91. The molecule has 8 nitrogen and oxygen atoms in total. The van der Waals surface area contributed by atoms with Crippen molar-refractivity contribution in [1.82, 2.24) is 0 Å². The number of halogens is 8. The maximum atomic E-state index is 13.0. The Hall–Kier alpha value is -5.43. The number of benzene rings is 4. The van der Waals surface area contributed by atoms with E-state index in [1.54, 1.807) is 6.07 Å². The molecule has 0 heterocycles. The zero-order valence-corrected chi connectivity index (χ0v) is 31.5. The summed E-state index contributed by atoms with van der Waals surface area (Å²) < 4.78 is 86.7. The fraction of sp³-hybridized carbons (Fsp3) is 0.250. The molecular weight excluding hydrogens is 785 g/mol. The smallest absolute Gasteiger partial charge is 0.417 e. The number of alkyl halides is 6. The van der Waals surface area contributed by atoms with Gasteiger partial charge in [-0.2, -0.15) is 31.3 Å². The average Bonchev–Trinajstić information content (AvgIpc) is 3.13. The van der Waals surface area contributed by atoms with E-state index in [4.69, 9.17) is 38.4 Å². The Labute approximate surface area is 329 Å². The monoisotopic (exact) mass is 820 g/mol. The highest BCUT2D eigenvalue weighted by atomic mass is 35.5. The minimum absolute atomic E-state index is 0.00227. The molecule has 4 aromatic rings. The number of amides is 2. The predicted molar refractivity (Wildman–Crippen MR) is 205 cm³/mol. The van der Waals surface area contributed by atoms with Crippen LogP contribution >= 0.6 is 23.2 Å². The van der Waals surface area contributed by atoms with Crippen LogP contribution in [0.15, 0.2) is 101 Å². The molecule has 0 aromatic heterocycles. The maximum absolute atomic E-state index is 13.0. The van der Waals surface area contributed by atoms with E-state index in [-0.39, 0.29) is 11.4 Å². The molecule has 0 saturated carbocycles. The zero-order chi connectivity index (χ0) is 41.0. The highest BCUT2D eigenvalue weighted by Crippen LogP contribution is 2.38. The van der Waals surface area contributed by atoms with Crippen LogP contribution in [0.1, 0.15) is 47.2 Å². The summed E-state index contributed by atoms with van der Waals surface area (Å²) in [7, 11) is 0. The molecule has 0 atom stereocenters. The average molecular weight is 822 g/mol. The van der Waals surface area contributed by atoms with Crippen molar-refractivity contribution in [2.45, 2.75) is 51.9 Å². The molecule has 2 amide bonds. The number of aliphatic imine (C=N–C) groups is 1. The van der Waals surface area contributed by atoms with E-state index in [1.165, 1.54) is 23.3 Å². The molecule has 0 radical (unpaired) electrons. The van der Waals surface area contributed by atoms with Gasteiger partial charge in [-0.15, -0.1) is 0 Å². The van der Waals surface area contributed by atoms with Crippen molar-refractivity contribution in [3.8, 4) is 0 Å². The summed E-state index contributed by atoms with van der Waals surface area (Å²) in [5.41, 5.74) is 9.79. The number of allylic oxidation sites excluding steroid dienone is 4. The first-order valence-electron chi connectivity index (χ1n) is 17.0. The van der Waals surface area contributed by atoms with Crippen molar-refractivity contribution >= 4 is 58.1 Å². The maximum Gasteiger partial charge on any atom is 0.417 e. The molecular formula is C40H36Cl2F6N4O4. The largest absolute Gasteiger partial charge is 0.498 e. The molecule has 4 aromatic carbocycles. The van der Waals surface area contributed by atoms with Crippen molar-refractivity contribution in [2.75, 3.05) is 29.6 Å². The number of hydrogen-bond donors (Lipinski definition) is 3. The standard InChI is InChI=1S/C20H18ClF3N2O2.C12H15NO.C8H3ClF3NO/c1-2-28-14-7-8-15-12(10-14)4-3-5-18(15)26-19(27)25-13-6-9-17(21)16(11-13)20(22,23)24;1-2-14-10-6-7-11-9(8-10)4-3-5-12(11)13;9-7-2-1-5(13-4-14)3-6(7)8(10,11)12/h3-7,9,11H,2,8,10H2,1H3,(H2,25,26,27);3-6H,2,7-8,13H2,1H3;1-3H. The molecule has 296 valence electrons. The summed E-state index contributed by atoms with van der Waals surface area (Å²) in [6.45, 7) is 5.25. The number of isocyanates is 1. The molecule has 56 heavy (non-hydrogen) atoms. The van der Waals surface area contributed by atoms with Crippen molar-refractivity contribution in [1.29, 1.82) is 0 Å². The number of nitrogen functional groups attached to an aromatic ring is 1. The number of carbonyl (C=O) groups excluding carboxylic acids is 2. The molecule has 0 aliphatic heterocycles. The molecule has 0 fully saturated rings. The van der Waals surface area contributed by atoms with Gasteiger partial charge >= 0.3 is 18.4 Å². The van der Waals surface area contributed by atoms with Crippen LogP contribution in [0.2, 0.25) is 10.0 Å². The van der Waals surface area contributed by atoms with E-state index in [9.17, 15) is 35.9 Å². The van der Waals surface area contributed by atoms with Gasteiger partial charge in [-0.25, -0.2) is 9.59 Å². The second kappa shape index (κ2) is 19.4. The number of ether oxygens (including phenoxy) is 2. The minimum atomic E-state index is -4.60. The summed E-state index contributed by atoms with van der Waals surface area (Å²) in [4.78, 5) is 25.2. The van der Waals surface area contributed by atoms with E-state index in [1.807, 2.05) is 44.2 Å². The molecule has 6 rings (SSSR count). The number of fused-ring (bicyclic) bond motifs is 2. The van der Waals surface area contributed by atoms with Crippen LogP contribution in [0.5, 0.6) is 0 Å². The highest BCUT2D eigenvalue weighted by molar-refractivity contribution is 6.31. The second-order valence-corrected chi connectivity index (χ2v) is 12.8. The third kappa shape index (κ3) is 12.0. The summed E-state index contributed by atoms with van der Waals surface area (Å²) >= 11 is 10.9. The van der Waals surface area contributed by atoms with Gasteiger partial charge in [0.25, 0.3) is 0 Å². The zero-order valence-electron chi connectivity index (χ0n) is 30.0. The first-order chi connectivity index (χ1) is 26.5. The van der Waals surface area contributed by atoms with E-state index < -0.39 is 39.6 Å². The quantitative estimate of drug-likeness (QED) is 0.0743. The van der Waals surface area contributed by atoms with Crippen LogP contribution < -0.4 is 16.4 Å². The lowest BCUT2D eigenvalue weighted by Gasteiger charge is -2.20. The molecule has 2 aliphatic rings. The Bertz CT molecular complexity index is 2150. The van der Waals surface area contributed by atoms with Crippen molar-refractivity contribution in [3.63, 3.8) is 0 Å². The van der Waals surface area contributed by atoms with Crippen molar-refractivity contribution < 1.29 is 45.4 Å². The first-order valence-corrected chi connectivity index (χ1v) is 17.8. The number of rotatable bonds is 7. The second-order valence-electron chi connectivity index (χ2n) is 12.0. The summed E-state index contributed by atoms with van der Waals surface area (Å²) in [6.07, 6.45) is -0.905. The lowest BCUT2D eigenvalue weighted by Crippen LogP contribution is -2.21. The number of nitrogens with zero attached hydrogens (tertiary/aromatic N) is 1. The van der Waals surface area contributed by atoms with Crippen LogP contribution in [-0.2, 0) is 52.3 Å². The van der Waals surface area contributed by atoms with Crippen LogP contribution in [0, 0.1) is 0 Å². The number of anilines is 3. The molecule has 0 spiro atoms. The number of urea groups is 1. The molecule has 4 N–H and O–H groups in total. The number of hydrogen-bond acceptors (Lipinski definition) is 6. The Balaban J connectivity index is 0.000000208. The molecule has 16 heteroatoms. The summed E-state index contributed by atoms with van der Waals surface area (Å²) in [5, 5.41) is 4.27. The van der Waals surface area contributed by atoms with E-state index in [0.29, 0.717) is 31.2 Å². The lowest BCUT2D eigenvalue weighted by molar-refractivity contribution is -0.138. The Morgan fingerprint density at radius 3 is 1.88 bits per heavy atom. The Morgan fingerprint density at radius 2 is 1.30 bits per heavy atom. The fourth-order valence-corrected chi connectivity index (χ4v) is 6.18. The van der Waals surface area contributed by atoms with Gasteiger partial charge in [-0.3, -0.25) is 0 Å². The summed E-state index contributed by atoms with van der Waals surface area (Å²) in [5.74, 6) is 1.96. The van der Waals surface area contributed by atoms with E-state index in [0.717, 1.165) is 72.1 Å². The van der Waals surface area contributed by atoms with Crippen molar-refractivity contribution in [2.24, 2.45) is 4.99 Å². The van der Waals surface area contributed by atoms with E-state index >= 15 is 0 Å². The highest BCUT2D eigenvalue weighted by Gasteiger charge is 2.34. The van der Waals surface area contributed by atoms with Crippen LogP contribution in [0.3, 0.4) is 0 Å². The van der Waals surface area contributed by atoms with Crippen LogP contribution in [0.4, 0.5) is 53.9 Å². The Kier molecular flexibility index (Phi) is 15.0. The fourth-order valence-electron chi connectivity index (χ4n) is 5.73. The lowest BCUT2D eigenvalue weighted by atomic mass is 9.94. The predicted octanol–water partition coefficient (Wildman–Crippen LogP) is 11.6. The number of nitrogens with two attached hydrogens (primary N) is 1. The number of carbonyl (C=O) groups is 1. The van der Waals surface area contributed by atoms with E-state index in [2.05, 4.69) is 27.8 Å². The molecule has 2 aliphatic carbocycles. The topological polar surface area (TPSA) is 115 Å².